The molecule has 0 saturated carbocycles. The van der Waals surface area contributed by atoms with Gasteiger partial charge in [-0.3, -0.25) is 0 Å². The van der Waals surface area contributed by atoms with Gasteiger partial charge < -0.3 is 15.8 Å². The quantitative estimate of drug-likeness (QED) is 0.503. The van der Waals surface area contributed by atoms with Crippen LogP contribution in [0.3, 0.4) is 0 Å². The van der Waals surface area contributed by atoms with Crippen LogP contribution in [0.25, 0.3) is 0 Å². The number of benzene rings is 2. The molecular formula is C19H23F3N4O3S. The number of nitrogens with zero attached hydrogens (tertiary/aromatic N) is 2. The van der Waals surface area contributed by atoms with E-state index in [1.54, 1.807) is 26.0 Å². The van der Waals surface area contributed by atoms with E-state index < -0.39 is 22.1 Å². The Hall–Kier alpha value is -2.79. The topological polar surface area (TPSA) is 97.0 Å². The number of guanidine groups is 1. The third kappa shape index (κ3) is 6.36. The Morgan fingerprint density at radius 3 is 2.33 bits per heavy atom. The molecule has 30 heavy (non-hydrogen) atoms. The lowest BCUT2D eigenvalue weighted by atomic mass is 10.2. The summed E-state index contributed by atoms with van der Waals surface area (Å²) >= 11 is 0. The molecule has 2 rings (SSSR count). The van der Waals surface area contributed by atoms with Gasteiger partial charge in [-0.2, -0.15) is 4.31 Å². The van der Waals surface area contributed by atoms with Crippen LogP contribution in [0.2, 0.25) is 0 Å². The van der Waals surface area contributed by atoms with Gasteiger partial charge in [-0.05, 0) is 43.7 Å². The summed E-state index contributed by atoms with van der Waals surface area (Å²) in [4.78, 5) is 4.22. The van der Waals surface area contributed by atoms with Crippen molar-refractivity contribution >= 4 is 21.7 Å². The summed E-state index contributed by atoms with van der Waals surface area (Å²) in [6.45, 7) is 3.64. The van der Waals surface area contributed by atoms with E-state index in [9.17, 15) is 21.6 Å². The molecule has 0 aromatic heterocycles. The van der Waals surface area contributed by atoms with E-state index in [1.807, 2.05) is 0 Å². The number of nitrogens with one attached hydrogen (secondary N) is 1. The first-order valence-electron chi connectivity index (χ1n) is 8.89. The second-order valence-corrected chi connectivity index (χ2v) is 8.63. The van der Waals surface area contributed by atoms with Gasteiger partial charge in [0.2, 0.25) is 10.0 Å². The van der Waals surface area contributed by atoms with Crippen LogP contribution in [0.1, 0.15) is 19.4 Å². The second kappa shape index (κ2) is 9.35. The van der Waals surface area contributed by atoms with Crippen molar-refractivity contribution in [2.24, 2.45) is 10.7 Å². The molecule has 2 aromatic carbocycles. The molecular weight excluding hydrogens is 421 g/mol. The molecule has 164 valence electrons. The molecule has 0 aliphatic carbocycles. The van der Waals surface area contributed by atoms with E-state index in [2.05, 4.69) is 15.0 Å². The van der Waals surface area contributed by atoms with E-state index >= 15 is 0 Å². The number of ether oxygens (including phenoxy) is 1. The fourth-order valence-electron chi connectivity index (χ4n) is 2.35. The predicted molar refractivity (Wildman–Crippen MR) is 109 cm³/mol. The first-order valence-corrected chi connectivity index (χ1v) is 10.3. The Labute approximate surface area is 173 Å². The lowest BCUT2D eigenvalue weighted by molar-refractivity contribution is -0.274. The van der Waals surface area contributed by atoms with Crippen molar-refractivity contribution in [2.75, 3.05) is 12.4 Å². The maximum Gasteiger partial charge on any atom is 0.573 e. The molecule has 2 aromatic rings. The molecule has 0 heterocycles. The summed E-state index contributed by atoms with van der Waals surface area (Å²) in [6.07, 6.45) is -4.84. The van der Waals surface area contributed by atoms with Gasteiger partial charge in [0.25, 0.3) is 0 Å². The number of sulfonamides is 1. The summed E-state index contributed by atoms with van der Waals surface area (Å²) in [5, 5.41) is 2.57. The molecule has 11 heteroatoms. The van der Waals surface area contributed by atoms with Crippen LogP contribution in [-0.4, -0.2) is 38.1 Å². The normalized spacial score (nSPS) is 13.0. The van der Waals surface area contributed by atoms with Crippen molar-refractivity contribution in [3.05, 3.63) is 54.1 Å². The Bertz CT molecular complexity index is 991. The largest absolute Gasteiger partial charge is 0.573 e. The molecule has 0 radical (unpaired) electrons. The van der Waals surface area contributed by atoms with Crippen molar-refractivity contribution < 1.29 is 26.3 Å². The number of nitrogens with two attached hydrogens (primary N) is 1. The Balaban J connectivity index is 2.08. The Morgan fingerprint density at radius 1 is 1.17 bits per heavy atom. The van der Waals surface area contributed by atoms with E-state index in [4.69, 9.17) is 5.73 Å². The zero-order valence-corrected chi connectivity index (χ0v) is 17.5. The van der Waals surface area contributed by atoms with Crippen LogP contribution >= 0.6 is 0 Å². The van der Waals surface area contributed by atoms with E-state index in [0.717, 1.165) is 6.07 Å². The third-order valence-electron chi connectivity index (χ3n) is 4.14. The highest BCUT2D eigenvalue weighted by atomic mass is 32.2. The minimum Gasteiger partial charge on any atom is -0.404 e. The van der Waals surface area contributed by atoms with Crippen molar-refractivity contribution in [2.45, 2.75) is 37.7 Å². The fraction of sp³-hybridized carbons (Fsp3) is 0.316. The number of rotatable bonds is 7. The monoisotopic (exact) mass is 444 g/mol. The first kappa shape index (κ1) is 23.5. The number of hydrogen-bond acceptors (Lipinski definition) is 4. The summed E-state index contributed by atoms with van der Waals surface area (Å²) in [7, 11) is -2.09. The van der Waals surface area contributed by atoms with Gasteiger partial charge in [-0.15, -0.1) is 13.2 Å². The summed E-state index contributed by atoms with van der Waals surface area (Å²) in [5.74, 6) is -0.559. The van der Waals surface area contributed by atoms with Gasteiger partial charge in [0.15, 0.2) is 11.7 Å². The Morgan fingerprint density at radius 2 is 1.77 bits per heavy atom. The molecule has 7 nitrogen and oxygen atoms in total. The second-order valence-electron chi connectivity index (χ2n) is 6.63. The molecule has 0 unspecified atom stereocenters. The number of para-hydroxylation sites is 2. The first-order chi connectivity index (χ1) is 13.9. The van der Waals surface area contributed by atoms with Crippen LogP contribution in [0.15, 0.2) is 58.4 Å². The SMILES string of the molecule is CC(C)N(C)S(=O)(=O)c1ccc(CN=C(N)Nc2ccccc2OC(F)(F)F)cc1. The fourth-order valence-corrected chi connectivity index (χ4v) is 3.72. The van der Waals surface area contributed by atoms with Crippen molar-refractivity contribution in [3.8, 4) is 5.75 Å². The summed E-state index contributed by atoms with van der Waals surface area (Å²) in [6, 6.07) is 11.4. The lowest BCUT2D eigenvalue weighted by Crippen LogP contribution is -2.33. The standard InChI is InChI=1S/C19H23F3N4O3S/c1-13(2)26(3)30(27,28)15-10-8-14(9-11-15)12-24-18(23)25-16-6-4-5-7-17(16)29-19(20,21)22/h4-11,13H,12H2,1-3H3,(H3,23,24,25). The maximum atomic E-state index is 12.5. The summed E-state index contributed by atoms with van der Waals surface area (Å²) < 4.78 is 67.6. The van der Waals surface area contributed by atoms with Gasteiger partial charge in [0.05, 0.1) is 17.1 Å². The van der Waals surface area contributed by atoms with Gasteiger partial charge in [-0.1, -0.05) is 24.3 Å². The van der Waals surface area contributed by atoms with E-state index in [1.165, 1.54) is 41.7 Å². The molecule has 0 saturated heterocycles. The van der Waals surface area contributed by atoms with Crippen LogP contribution in [0, 0.1) is 0 Å². The van der Waals surface area contributed by atoms with Gasteiger partial charge in [0, 0.05) is 13.1 Å². The van der Waals surface area contributed by atoms with Crippen LogP contribution < -0.4 is 15.8 Å². The molecule has 0 spiro atoms. The van der Waals surface area contributed by atoms with Gasteiger partial charge in [0.1, 0.15) is 0 Å². The molecule has 0 bridgehead atoms. The van der Waals surface area contributed by atoms with Crippen molar-refractivity contribution in [3.63, 3.8) is 0 Å². The Kier molecular flexibility index (Phi) is 7.32. The number of halogens is 3. The zero-order valence-electron chi connectivity index (χ0n) is 16.6. The number of alkyl halides is 3. The van der Waals surface area contributed by atoms with E-state index in [-0.39, 0.29) is 29.1 Å². The number of anilines is 1. The number of hydrogen-bond donors (Lipinski definition) is 2. The highest BCUT2D eigenvalue weighted by molar-refractivity contribution is 7.89. The molecule has 0 aliphatic rings. The molecule has 3 N–H and O–H groups in total. The minimum atomic E-state index is -4.84. The average molecular weight is 444 g/mol. The van der Waals surface area contributed by atoms with Gasteiger partial charge >= 0.3 is 6.36 Å². The van der Waals surface area contributed by atoms with Crippen molar-refractivity contribution in [1.29, 1.82) is 0 Å². The van der Waals surface area contributed by atoms with Gasteiger partial charge in [-0.25, -0.2) is 13.4 Å². The molecule has 0 fully saturated rings. The van der Waals surface area contributed by atoms with Crippen LogP contribution in [0.5, 0.6) is 5.75 Å². The highest BCUT2D eigenvalue weighted by Crippen LogP contribution is 2.29. The molecule has 0 amide bonds. The summed E-state index contributed by atoms with van der Waals surface area (Å²) in [5.41, 5.74) is 6.44. The molecule has 0 atom stereocenters. The van der Waals surface area contributed by atoms with Crippen LogP contribution in [-0.2, 0) is 16.6 Å². The third-order valence-corrected chi connectivity index (χ3v) is 6.18. The smallest absolute Gasteiger partial charge is 0.404 e. The minimum absolute atomic E-state index is 0.00855. The zero-order chi connectivity index (χ0) is 22.5. The molecule has 0 aliphatic heterocycles. The maximum absolute atomic E-state index is 12.5. The highest BCUT2D eigenvalue weighted by Gasteiger charge is 2.32. The van der Waals surface area contributed by atoms with E-state index in [0.29, 0.717) is 5.56 Å². The van der Waals surface area contributed by atoms with Crippen LogP contribution in [0.4, 0.5) is 18.9 Å². The lowest BCUT2D eigenvalue weighted by Gasteiger charge is -2.21. The number of aliphatic imine (C=N–C) groups is 1. The van der Waals surface area contributed by atoms with Crippen molar-refractivity contribution in [1.82, 2.24) is 4.31 Å². The average Bonchev–Trinajstić information content (AvgIpc) is 2.66. The predicted octanol–water partition coefficient (Wildman–Crippen LogP) is 3.54.